The van der Waals surface area contributed by atoms with Gasteiger partial charge < -0.3 is 15.0 Å². The highest BCUT2D eigenvalue weighted by atomic mass is 32.2. The fourth-order valence-corrected chi connectivity index (χ4v) is 5.58. The SMILES string of the molecule is CC(C)Oc1ccc(S(C)(=O)=O)cc1C(=O)N1CCc2c1cccc2C(F)(F)F.FC(F)(F)c1cccc2c1CCN2. The summed E-state index contributed by atoms with van der Waals surface area (Å²) in [7, 11) is -3.59. The molecule has 1 amide bonds. The first kappa shape index (κ1) is 31.2. The van der Waals surface area contributed by atoms with Crippen molar-refractivity contribution in [1.82, 2.24) is 0 Å². The van der Waals surface area contributed by atoms with E-state index in [4.69, 9.17) is 4.74 Å². The Morgan fingerprint density at radius 3 is 2.12 bits per heavy atom. The maximum absolute atomic E-state index is 13.3. The van der Waals surface area contributed by atoms with Gasteiger partial charge in [0.1, 0.15) is 5.75 Å². The molecule has 0 aromatic heterocycles. The number of benzene rings is 3. The lowest BCUT2D eigenvalue weighted by Crippen LogP contribution is -2.29. The summed E-state index contributed by atoms with van der Waals surface area (Å²) in [6.07, 6.45) is -7.49. The van der Waals surface area contributed by atoms with Crippen LogP contribution in [0.25, 0.3) is 0 Å². The van der Waals surface area contributed by atoms with Crippen molar-refractivity contribution in [2.45, 2.75) is 50.0 Å². The molecule has 2 aliphatic heterocycles. The van der Waals surface area contributed by atoms with E-state index in [2.05, 4.69) is 5.32 Å². The molecule has 0 bridgehead atoms. The number of anilines is 2. The number of carbonyl (C=O) groups is 1. The molecule has 0 spiro atoms. The molecular weight excluding hydrogens is 586 g/mol. The van der Waals surface area contributed by atoms with E-state index in [1.807, 2.05) is 0 Å². The first-order valence-corrected chi connectivity index (χ1v) is 14.8. The monoisotopic (exact) mass is 614 g/mol. The third kappa shape index (κ3) is 6.66. The standard InChI is InChI=1S/C20H20F3NO4S.C9H8F3N/c1-12(2)28-18-8-7-13(29(3,26)27)11-15(18)19(25)24-10-9-14-16(20(21,22)23)5-4-6-17(14)24;10-9(11,12)7-2-1-3-8-6(7)4-5-13-8/h4-8,11-12H,9-10H2,1-3H3;1-3,13H,4-5H2. The number of hydrogen-bond acceptors (Lipinski definition) is 5. The number of carbonyl (C=O) groups excluding carboxylic acids is 1. The summed E-state index contributed by atoms with van der Waals surface area (Å²) in [5, 5.41) is 2.91. The molecule has 0 unspecified atom stereocenters. The van der Waals surface area contributed by atoms with E-state index in [0.29, 0.717) is 24.2 Å². The van der Waals surface area contributed by atoms with E-state index in [-0.39, 0.29) is 46.5 Å². The van der Waals surface area contributed by atoms with Crippen molar-refractivity contribution in [3.63, 3.8) is 0 Å². The summed E-state index contributed by atoms with van der Waals surface area (Å²) in [5.41, 5.74) is -0.0374. The zero-order chi connectivity index (χ0) is 31.0. The first-order valence-electron chi connectivity index (χ1n) is 12.9. The number of rotatable bonds is 4. The Hall–Kier alpha value is -3.74. The zero-order valence-corrected chi connectivity index (χ0v) is 23.7. The number of amides is 1. The van der Waals surface area contributed by atoms with Crippen LogP contribution in [-0.4, -0.2) is 39.8 Å². The van der Waals surface area contributed by atoms with Gasteiger partial charge in [0.05, 0.1) is 27.7 Å². The van der Waals surface area contributed by atoms with Crippen molar-refractivity contribution in [2.24, 2.45) is 0 Å². The molecule has 2 aliphatic rings. The smallest absolute Gasteiger partial charge is 0.416 e. The Balaban J connectivity index is 0.000000258. The quantitative estimate of drug-likeness (QED) is 0.329. The summed E-state index contributed by atoms with van der Waals surface area (Å²) >= 11 is 0. The molecule has 6 nitrogen and oxygen atoms in total. The van der Waals surface area contributed by atoms with Crippen molar-refractivity contribution in [1.29, 1.82) is 0 Å². The number of sulfone groups is 1. The summed E-state index contributed by atoms with van der Waals surface area (Å²) in [5.74, 6) is -0.429. The number of ether oxygens (including phenoxy) is 1. The summed E-state index contributed by atoms with van der Waals surface area (Å²) in [4.78, 5) is 14.4. The minimum absolute atomic E-state index is 0.00751. The maximum atomic E-state index is 13.3. The number of alkyl halides is 6. The van der Waals surface area contributed by atoms with Crippen LogP contribution in [0.1, 0.15) is 46.5 Å². The molecule has 13 heteroatoms. The second kappa shape index (κ2) is 11.5. The van der Waals surface area contributed by atoms with Gasteiger partial charge in [0.2, 0.25) is 0 Å². The van der Waals surface area contributed by atoms with Gasteiger partial charge in [0.15, 0.2) is 9.84 Å². The Labute approximate surface area is 239 Å². The second-order valence-electron chi connectivity index (χ2n) is 10.1. The van der Waals surface area contributed by atoms with E-state index < -0.39 is 39.2 Å². The van der Waals surface area contributed by atoms with Crippen LogP contribution in [0.2, 0.25) is 0 Å². The molecule has 0 fully saturated rings. The Morgan fingerprint density at radius 1 is 0.905 bits per heavy atom. The zero-order valence-electron chi connectivity index (χ0n) is 22.9. The molecule has 0 radical (unpaired) electrons. The van der Waals surface area contributed by atoms with Gasteiger partial charge in [0, 0.05) is 30.7 Å². The lowest BCUT2D eigenvalue weighted by atomic mass is 10.0. The average molecular weight is 615 g/mol. The van der Waals surface area contributed by atoms with Gasteiger partial charge in [-0.15, -0.1) is 0 Å². The molecule has 2 heterocycles. The number of hydrogen-bond donors (Lipinski definition) is 1. The highest BCUT2D eigenvalue weighted by Gasteiger charge is 2.38. The van der Waals surface area contributed by atoms with E-state index in [0.717, 1.165) is 18.4 Å². The molecule has 42 heavy (non-hydrogen) atoms. The van der Waals surface area contributed by atoms with Gasteiger partial charge in [-0.25, -0.2) is 8.42 Å². The number of nitrogens with one attached hydrogen (secondary N) is 1. The highest BCUT2D eigenvalue weighted by Crippen LogP contribution is 2.41. The molecule has 3 aromatic rings. The van der Waals surface area contributed by atoms with Gasteiger partial charge in [-0.1, -0.05) is 12.1 Å². The van der Waals surface area contributed by atoms with Crippen LogP contribution in [0.5, 0.6) is 5.75 Å². The highest BCUT2D eigenvalue weighted by molar-refractivity contribution is 7.90. The maximum Gasteiger partial charge on any atom is 0.416 e. The predicted octanol–water partition coefficient (Wildman–Crippen LogP) is 6.77. The van der Waals surface area contributed by atoms with Crippen molar-refractivity contribution >= 4 is 27.1 Å². The Bertz CT molecular complexity index is 1600. The number of fused-ring (bicyclic) bond motifs is 2. The fraction of sp³-hybridized carbons (Fsp3) is 0.345. The molecule has 0 saturated heterocycles. The minimum atomic E-state index is -4.52. The molecule has 0 aliphatic carbocycles. The van der Waals surface area contributed by atoms with E-state index in [1.54, 1.807) is 19.9 Å². The number of halogens is 6. The molecule has 226 valence electrons. The lowest BCUT2D eigenvalue weighted by molar-refractivity contribution is -0.138. The van der Waals surface area contributed by atoms with Crippen molar-refractivity contribution in [3.05, 3.63) is 82.4 Å². The Kier molecular flexibility index (Phi) is 8.55. The van der Waals surface area contributed by atoms with Crippen LogP contribution in [0.4, 0.5) is 37.7 Å². The minimum Gasteiger partial charge on any atom is -0.490 e. The number of nitrogens with zero attached hydrogens (tertiary/aromatic N) is 1. The van der Waals surface area contributed by atoms with Crippen LogP contribution >= 0.6 is 0 Å². The molecule has 0 saturated carbocycles. The van der Waals surface area contributed by atoms with Gasteiger partial charge >= 0.3 is 12.4 Å². The topological polar surface area (TPSA) is 75.7 Å². The molecule has 5 rings (SSSR count). The predicted molar refractivity (Wildman–Crippen MR) is 146 cm³/mol. The average Bonchev–Trinajstić information content (AvgIpc) is 3.54. The fourth-order valence-electron chi connectivity index (χ4n) is 4.93. The summed E-state index contributed by atoms with van der Waals surface area (Å²) < 4.78 is 107. The molecule has 0 atom stereocenters. The van der Waals surface area contributed by atoms with Crippen LogP contribution in [-0.2, 0) is 35.0 Å². The van der Waals surface area contributed by atoms with E-state index in [9.17, 15) is 39.6 Å². The van der Waals surface area contributed by atoms with Gasteiger partial charge in [-0.05, 0) is 80.3 Å². The van der Waals surface area contributed by atoms with Crippen molar-refractivity contribution in [3.8, 4) is 5.75 Å². The van der Waals surface area contributed by atoms with Crippen LogP contribution in [0.15, 0.2) is 59.5 Å². The normalized spacial score (nSPS) is 14.6. The lowest BCUT2D eigenvalue weighted by Gasteiger charge is -2.21. The largest absolute Gasteiger partial charge is 0.490 e. The molecule has 3 aromatic carbocycles. The van der Waals surface area contributed by atoms with Crippen LogP contribution < -0.4 is 15.0 Å². The third-order valence-electron chi connectivity index (χ3n) is 6.72. The molecular formula is C29H28F6N2O4S. The van der Waals surface area contributed by atoms with Crippen molar-refractivity contribution < 1.29 is 44.3 Å². The second-order valence-corrected chi connectivity index (χ2v) is 12.1. The summed E-state index contributed by atoms with van der Waals surface area (Å²) in [6.45, 7) is 4.16. The Morgan fingerprint density at radius 2 is 1.52 bits per heavy atom. The van der Waals surface area contributed by atoms with E-state index >= 15 is 0 Å². The van der Waals surface area contributed by atoms with Gasteiger partial charge in [0.25, 0.3) is 5.91 Å². The molecule has 1 N–H and O–H groups in total. The third-order valence-corrected chi connectivity index (χ3v) is 7.83. The van der Waals surface area contributed by atoms with E-state index in [1.165, 1.54) is 41.3 Å². The first-order chi connectivity index (χ1) is 19.5. The van der Waals surface area contributed by atoms with Crippen LogP contribution in [0, 0.1) is 0 Å². The van der Waals surface area contributed by atoms with Crippen molar-refractivity contribution in [2.75, 3.05) is 29.6 Å². The van der Waals surface area contributed by atoms with Crippen LogP contribution in [0.3, 0.4) is 0 Å². The summed E-state index contributed by atoms with van der Waals surface area (Å²) in [6, 6.07) is 11.9. The van der Waals surface area contributed by atoms with Gasteiger partial charge in [-0.3, -0.25) is 4.79 Å². The van der Waals surface area contributed by atoms with Gasteiger partial charge in [-0.2, -0.15) is 26.3 Å².